The number of nitrogens with one attached hydrogen (secondary N) is 1. The van der Waals surface area contributed by atoms with Gasteiger partial charge < -0.3 is 10.2 Å². The average molecular weight is 438 g/mol. The second-order valence-electron chi connectivity index (χ2n) is 8.52. The molecule has 2 aromatic carbocycles. The van der Waals surface area contributed by atoms with Crippen molar-refractivity contribution in [3.05, 3.63) is 58.7 Å². The van der Waals surface area contributed by atoms with Crippen molar-refractivity contribution in [1.29, 1.82) is 0 Å². The van der Waals surface area contributed by atoms with Crippen LogP contribution >= 0.6 is 11.3 Å². The molecule has 0 spiro atoms. The number of fused-ring (bicyclic) bond motifs is 2. The molecule has 4 nitrogen and oxygen atoms in total. The van der Waals surface area contributed by atoms with Gasteiger partial charge in [-0.3, -0.25) is 9.69 Å². The van der Waals surface area contributed by atoms with Crippen molar-refractivity contribution in [2.75, 3.05) is 42.9 Å². The van der Waals surface area contributed by atoms with Crippen LogP contribution in [0.2, 0.25) is 0 Å². The minimum atomic E-state index is -0.111. The summed E-state index contributed by atoms with van der Waals surface area (Å²) in [5, 5.41) is 4.00. The zero-order valence-electron chi connectivity index (χ0n) is 17.7. The van der Waals surface area contributed by atoms with E-state index in [1.807, 2.05) is 12.1 Å². The van der Waals surface area contributed by atoms with Crippen LogP contribution in [0.25, 0.3) is 10.1 Å². The van der Waals surface area contributed by atoms with Gasteiger partial charge in [0.15, 0.2) is 5.13 Å². The molecular formula is C25H28FN3OS. The van der Waals surface area contributed by atoms with Gasteiger partial charge in [-0.25, -0.2) is 0 Å². The molecule has 3 aromatic rings. The third-order valence-corrected chi connectivity index (χ3v) is 7.40. The van der Waals surface area contributed by atoms with Crippen LogP contribution in [0.5, 0.6) is 0 Å². The molecule has 162 valence electrons. The Morgan fingerprint density at radius 3 is 2.71 bits per heavy atom. The normalized spacial score (nSPS) is 17.1. The second kappa shape index (κ2) is 8.97. The molecule has 0 bridgehead atoms. The average Bonchev–Trinajstić information content (AvgIpc) is 3.17. The predicted octanol–water partition coefficient (Wildman–Crippen LogP) is 5.07. The SMILES string of the molecule is O=C1CCc2cccc(CCCCN3CCN(c4cccc5sc(F)cc45)CC3)c2N1. The maximum atomic E-state index is 13.7. The van der Waals surface area contributed by atoms with Gasteiger partial charge in [-0.2, -0.15) is 4.39 Å². The topological polar surface area (TPSA) is 35.6 Å². The van der Waals surface area contributed by atoms with Crippen molar-refractivity contribution in [1.82, 2.24) is 4.90 Å². The highest BCUT2D eigenvalue weighted by molar-refractivity contribution is 7.17. The monoisotopic (exact) mass is 437 g/mol. The number of carbonyl (C=O) groups is 1. The van der Waals surface area contributed by atoms with Gasteiger partial charge in [-0.05, 0) is 61.6 Å². The third-order valence-electron chi connectivity index (χ3n) is 6.51. The number of amides is 1. The Labute approximate surface area is 186 Å². The van der Waals surface area contributed by atoms with Gasteiger partial charge in [0.1, 0.15) is 0 Å². The van der Waals surface area contributed by atoms with Crippen molar-refractivity contribution in [3.63, 3.8) is 0 Å². The Kier molecular flexibility index (Phi) is 5.92. The first-order valence-electron chi connectivity index (χ1n) is 11.2. The molecule has 1 saturated heterocycles. The molecule has 0 atom stereocenters. The van der Waals surface area contributed by atoms with Crippen LogP contribution in [0.1, 0.15) is 30.4 Å². The maximum Gasteiger partial charge on any atom is 0.224 e. The number of rotatable bonds is 6. The molecule has 0 aliphatic carbocycles. The van der Waals surface area contributed by atoms with E-state index in [9.17, 15) is 9.18 Å². The molecular weight excluding hydrogens is 409 g/mol. The fourth-order valence-electron chi connectivity index (χ4n) is 4.83. The van der Waals surface area contributed by atoms with Crippen molar-refractivity contribution in [3.8, 4) is 0 Å². The lowest BCUT2D eigenvalue weighted by molar-refractivity contribution is -0.116. The lowest BCUT2D eigenvalue weighted by Crippen LogP contribution is -2.46. The highest BCUT2D eigenvalue weighted by Crippen LogP contribution is 2.33. The highest BCUT2D eigenvalue weighted by atomic mass is 32.1. The Hall–Kier alpha value is -2.44. The molecule has 1 amide bonds. The van der Waals surface area contributed by atoms with Gasteiger partial charge in [0.2, 0.25) is 5.91 Å². The quantitative estimate of drug-likeness (QED) is 0.547. The van der Waals surface area contributed by atoms with E-state index in [0.717, 1.165) is 79.9 Å². The molecule has 31 heavy (non-hydrogen) atoms. The summed E-state index contributed by atoms with van der Waals surface area (Å²) in [6, 6.07) is 14.2. The Morgan fingerprint density at radius 2 is 1.84 bits per heavy atom. The minimum Gasteiger partial charge on any atom is -0.368 e. The first-order chi connectivity index (χ1) is 15.2. The molecule has 6 heteroatoms. The van der Waals surface area contributed by atoms with Crippen LogP contribution in [0.4, 0.5) is 15.8 Å². The van der Waals surface area contributed by atoms with Gasteiger partial charge >= 0.3 is 0 Å². The van der Waals surface area contributed by atoms with Crippen molar-refractivity contribution in [2.24, 2.45) is 0 Å². The van der Waals surface area contributed by atoms with Gasteiger partial charge in [-0.15, -0.1) is 11.3 Å². The Morgan fingerprint density at radius 1 is 1.00 bits per heavy atom. The smallest absolute Gasteiger partial charge is 0.224 e. The number of aryl methyl sites for hydroxylation is 2. The van der Waals surface area contributed by atoms with Crippen molar-refractivity contribution >= 4 is 38.7 Å². The summed E-state index contributed by atoms with van der Waals surface area (Å²) in [5.41, 5.74) is 4.76. The van der Waals surface area contributed by atoms with Gasteiger partial charge in [0.05, 0.1) is 0 Å². The summed E-state index contributed by atoms with van der Waals surface area (Å²) in [7, 11) is 0. The summed E-state index contributed by atoms with van der Waals surface area (Å²) in [5.74, 6) is 0.138. The molecule has 5 rings (SSSR count). The molecule has 1 N–H and O–H groups in total. The first kappa shape index (κ1) is 20.5. The molecule has 0 saturated carbocycles. The van der Waals surface area contributed by atoms with E-state index in [0.29, 0.717) is 6.42 Å². The van der Waals surface area contributed by atoms with E-state index in [2.05, 4.69) is 39.4 Å². The number of thiophene rings is 1. The van der Waals surface area contributed by atoms with Gasteiger partial charge in [-0.1, -0.05) is 24.3 Å². The number of benzene rings is 2. The molecule has 1 fully saturated rings. The van der Waals surface area contributed by atoms with Crippen molar-refractivity contribution in [2.45, 2.75) is 32.1 Å². The van der Waals surface area contributed by atoms with E-state index in [1.54, 1.807) is 6.07 Å². The largest absolute Gasteiger partial charge is 0.368 e. The third kappa shape index (κ3) is 4.46. The number of unbranched alkanes of at least 4 members (excludes halogenated alkanes) is 1. The van der Waals surface area contributed by atoms with Crippen LogP contribution in [0, 0.1) is 5.13 Å². The Balaban J connectivity index is 1.11. The molecule has 1 aromatic heterocycles. The zero-order chi connectivity index (χ0) is 21.2. The number of piperazine rings is 1. The van der Waals surface area contributed by atoms with E-state index in [4.69, 9.17) is 0 Å². The fourth-order valence-corrected chi connectivity index (χ4v) is 5.64. The molecule has 3 heterocycles. The first-order valence-corrected chi connectivity index (χ1v) is 12.0. The minimum absolute atomic E-state index is 0.111. The number of nitrogens with zero attached hydrogens (tertiary/aromatic N) is 2. The number of hydrogen-bond acceptors (Lipinski definition) is 4. The van der Waals surface area contributed by atoms with Crippen LogP contribution in [0.15, 0.2) is 42.5 Å². The molecule has 2 aliphatic rings. The lowest BCUT2D eigenvalue weighted by Gasteiger charge is -2.36. The highest BCUT2D eigenvalue weighted by Gasteiger charge is 2.20. The molecule has 2 aliphatic heterocycles. The fraction of sp³-hybridized carbons (Fsp3) is 0.400. The van der Waals surface area contributed by atoms with Crippen LogP contribution in [-0.2, 0) is 17.6 Å². The maximum absolute atomic E-state index is 13.7. The molecule has 0 unspecified atom stereocenters. The van der Waals surface area contributed by atoms with Crippen LogP contribution in [0.3, 0.4) is 0 Å². The number of hydrogen-bond donors (Lipinski definition) is 1. The summed E-state index contributed by atoms with van der Waals surface area (Å²) in [6.45, 7) is 5.15. The van der Waals surface area contributed by atoms with Crippen LogP contribution < -0.4 is 10.2 Å². The van der Waals surface area contributed by atoms with E-state index in [1.165, 1.54) is 22.5 Å². The van der Waals surface area contributed by atoms with E-state index >= 15 is 0 Å². The molecule has 0 radical (unpaired) electrons. The van der Waals surface area contributed by atoms with Crippen molar-refractivity contribution < 1.29 is 9.18 Å². The summed E-state index contributed by atoms with van der Waals surface area (Å²) in [6.07, 6.45) is 4.74. The second-order valence-corrected chi connectivity index (χ2v) is 9.56. The summed E-state index contributed by atoms with van der Waals surface area (Å²) < 4.78 is 14.7. The zero-order valence-corrected chi connectivity index (χ0v) is 18.5. The lowest BCUT2D eigenvalue weighted by atomic mass is 9.96. The standard InChI is InChI=1S/C25H28FN3OS/c26-23-17-20-21(8-4-9-22(20)31-23)29-15-13-28(14-16-29)12-2-1-5-18-6-3-7-19-10-11-24(30)27-25(18)19/h3-4,6-9,17H,1-2,5,10-16H2,(H,27,30). The number of halogens is 1. The number of carbonyl (C=O) groups excluding carboxylic acids is 1. The van der Waals surface area contributed by atoms with Gasteiger partial charge in [0.25, 0.3) is 0 Å². The number of anilines is 2. The van der Waals surface area contributed by atoms with Gasteiger partial charge in [0, 0.05) is 54.1 Å². The predicted molar refractivity (Wildman–Crippen MR) is 127 cm³/mol. The number of para-hydroxylation sites is 1. The van der Waals surface area contributed by atoms with Crippen LogP contribution in [-0.4, -0.2) is 43.5 Å². The summed E-state index contributed by atoms with van der Waals surface area (Å²) >= 11 is 1.22. The summed E-state index contributed by atoms with van der Waals surface area (Å²) in [4.78, 5) is 16.7. The van der Waals surface area contributed by atoms with E-state index < -0.39 is 0 Å². The Bertz CT molecular complexity index is 1090. The van der Waals surface area contributed by atoms with E-state index in [-0.39, 0.29) is 11.0 Å².